The van der Waals surface area contributed by atoms with Crippen molar-refractivity contribution in [3.8, 4) is 5.75 Å². The van der Waals surface area contributed by atoms with E-state index >= 15 is 0 Å². The Morgan fingerprint density at radius 3 is 2.68 bits per heavy atom. The molecule has 4 rings (SSSR count). The van der Waals surface area contributed by atoms with Crippen molar-refractivity contribution >= 4 is 34.0 Å². The Morgan fingerprint density at radius 2 is 1.89 bits per heavy atom. The van der Waals surface area contributed by atoms with Crippen LogP contribution in [0.2, 0.25) is 0 Å². The Labute approximate surface area is 163 Å². The van der Waals surface area contributed by atoms with Gasteiger partial charge in [-0.05, 0) is 36.8 Å². The number of para-hydroxylation sites is 1. The summed E-state index contributed by atoms with van der Waals surface area (Å²) < 4.78 is 5.29. The highest BCUT2D eigenvalue weighted by Crippen LogP contribution is 2.40. The highest BCUT2D eigenvalue weighted by Gasteiger charge is 2.30. The summed E-state index contributed by atoms with van der Waals surface area (Å²) in [7, 11) is 1.54. The average Bonchev–Trinajstić information content (AvgIpc) is 3.01. The van der Waals surface area contributed by atoms with Crippen LogP contribution < -0.4 is 15.0 Å². The number of hydrogen-bond acceptors (Lipinski definition) is 3. The number of methoxy groups -OCH3 is 1. The van der Waals surface area contributed by atoms with E-state index in [4.69, 9.17) is 4.74 Å². The monoisotopic (exact) mass is 374 g/mol. The molecule has 0 saturated carbocycles. The zero-order valence-corrected chi connectivity index (χ0v) is 16.0. The van der Waals surface area contributed by atoms with E-state index in [0.29, 0.717) is 29.1 Å². The van der Waals surface area contributed by atoms with E-state index in [9.17, 15) is 9.59 Å². The molecule has 5 nitrogen and oxygen atoms in total. The second-order valence-corrected chi connectivity index (χ2v) is 6.83. The molecule has 1 heterocycles. The van der Waals surface area contributed by atoms with Crippen LogP contribution in [0.15, 0.2) is 54.6 Å². The van der Waals surface area contributed by atoms with Crippen molar-refractivity contribution in [2.24, 2.45) is 0 Å². The van der Waals surface area contributed by atoms with Gasteiger partial charge in [0, 0.05) is 28.6 Å². The Hall–Kier alpha value is -3.34. The first-order valence-corrected chi connectivity index (χ1v) is 9.47. The SMILES string of the molecule is CCCCN1C(=O)c2cccc3c(NC(=O)c4ccccc4OC)ccc1c23. The Bertz CT molecular complexity index is 1070. The summed E-state index contributed by atoms with van der Waals surface area (Å²) in [6.45, 7) is 2.81. The van der Waals surface area contributed by atoms with E-state index in [1.807, 2.05) is 41.3 Å². The van der Waals surface area contributed by atoms with Crippen LogP contribution in [0.4, 0.5) is 11.4 Å². The Balaban J connectivity index is 1.74. The zero-order chi connectivity index (χ0) is 19.7. The first-order valence-electron chi connectivity index (χ1n) is 9.47. The van der Waals surface area contributed by atoms with Gasteiger partial charge in [-0.2, -0.15) is 0 Å². The average molecular weight is 374 g/mol. The van der Waals surface area contributed by atoms with Crippen LogP contribution in [0.25, 0.3) is 10.8 Å². The first-order chi connectivity index (χ1) is 13.7. The molecule has 0 spiro atoms. The molecule has 0 bridgehead atoms. The number of benzene rings is 3. The van der Waals surface area contributed by atoms with Gasteiger partial charge in [-0.1, -0.05) is 37.6 Å². The minimum Gasteiger partial charge on any atom is -0.496 e. The number of anilines is 2. The molecule has 2 amide bonds. The summed E-state index contributed by atoms with van der Waals surface area (Å²) in [6, 6.07) is 16.6. The minimum absolute atomic E-state index is 0.0299. The minimum atomic E-state index is -0.245. The number of unbranched alkanes of at least 4 members (excludes halogenated alkanes) is 1. The molecule has 1 aliphatic rings. The number of carbonyl (C=O) groups is 2. The molecule has 0 unspecified atom stereocenters. The maximum atomic E-state index is 12.8. The van der Waals surface area contributed by atoms with E-state index in [1.54, 1.807) is 25.3 Å². The van der Waals surface area contributed by atoms with Crippen molar-refractivity contribution in [3.05, 3.63) is 65.7 Å². The highest BCUT2D eigenvalue weighted by atomic mass is 16.5. The van der Waals surface area contributed by atoms with Gasteiger partial charge in [0.05, 0.1) is 18.4 Å². The van der Waals surface area contributed by atoms with Gasteiger partial charge in [0.2, 0.25) is 0 Å². The van der Waals surface area contributed by atoms with E-state index in [1.165, 1.54) is 0 Å². The van der Waals surface area contributed by atoms with Crippen LogP contribution in [-0.2, 0) is 0 Å². The molecular formula is C23H22N2O3. The maximum Gasteiger partial charge on any atom is 0.259 e. The third-order valence-corrected chi connectivity index (χ3v) is 5.12. The molecular weight excluding hydrogens is 352 g/mol. The fourth-order valence-corrected chi connectivity index (χ4v) is 3.72. The van der Waals surface area contributed by atoms with Crippen molar-refractivity contribution in [1.82, 2.24) is 0 Å². The number of hydrogen-bond donors (Lipinski definition) is 1. The van der Waals surface area contributed by atoms with Gasteiger partial charge in [0.1, 0.15) is 5.75 Å². The summed E-state index contributed by atoms with van der Waals surface area (Å²) in [5, 5.41) is 4.75. The van der Waals surface area contributed by atoms with Crippen LogP contribution in [0.5, 0.6) is 5.75 Å². The Kier molecular flexibility index (Phi) is 4.74. The molecule has 28 heavy (non-hydrogen) atoms. The number of carbonyl (C=O) groups excluding carboxylic acids is 2. The topological polar surface area (TPSA) is 58.6 Å². The van der Waals surface area contributed by atoms with Gasteiger partial charge in [-0.25, -0.2) is 0 Å². The summed E-state index contributed by atoms with van der Waals surface area (Å²) in [4.78, 5) is 27.5. The predicted octanol–water partition coefficient (Wildman–Crippen LogP) is 4.86. The highest BCUT2D eigenvalue weighted by molar-refractivity contribution is 6.27. The summed E-state index contributed by atoms with van der Waals surface area (Å²) in [5.74, 6) is 0.305. The van der Waals surface area contributed by atoms with Crippen molar-refractivity contribution in [3.63, 3.8) is 0 Å². The van der Waals surface area contributed by atoms with E-state index in [0.717, 1.165) is 29.3 Å². The lowest BCUT2D eigenvalue weighted by molar-refractivity contribution is 0.0990. The molecule has 0 atom stereocenters. The van der Waals surface area contributed by atoms with Crippen LogP contribution in [0.1, 0.15) is 40.5 Å². The molecule has 0 fully saturated rings. The molecule has 142 valence electrons. The molecule has 5 heteroatoms. The van der Waals surface area contributed by atoms with Crippen molar-refractivity contribution in [2.45, 2.75) is 19.8 Å². The van der Waals surface area contributed by atoms with Gasteiger partial charge in [-0.15, -0.1) is 0 Å². The third kappa shape index (κ3) is 2.89. The van der Waals surface area contributed by atoms with Crippen LogP contribution in [0, 0.1) is 0 Å². The number of nitrogens with one attached hydrogen (secondary N) is 1. The van der Waals surface area contributed by atoms with Gasteiger partial charge >= 0.3 is 0 Å². The summed E-state index contributed by atoms with van der Waals surface area (Å²) >= 11 is 0. The Morgan fingerprint density at radius 1 is 1.07 bits per heavy atom. The van der Waals surface area contributed by atoms with Gasteiger partial charge in [-0.3, -0.25) is 9.59 Å². The normalized spacial score (nSPS) is 12.5. The van der Waals surface area contributed by atoms with Crippen LogP contribution in [0.3, 0.4) is 0 Å². The van der Waals surface area contributed by atoms with E-state index in [-0.39, 0.29) is 11.8 Å². The lowest BCUT2D eigenvalue weighted by atomic mass is 10.0. The summed E-state index contributed by atoms with van der Waals surface area (Å²) in [5.41, 5.74) is 2.76. The smallest absolute Gasteiger partial charge is 0.259 e. The summed E-state index contributed by atoms with van der Waals surface area (Å²) in [6.07, 6.45) is 1.98. The zero-order valence-electron chi connectivity index (χ0n) is 16.0. The fourth-order valence-electron chi connectivity index (χ4n) is 3.72. The van der Waals surface area contributed by atoms with Gasteiger partial charge < -0.3 is 15.0 Å². The molecule has 0 saturated heterocycles. The second kappa shape index (κ2) is 7.35. The predicted molar refractivity (Wildman–Crippen MR) is 111 cm³/mol. The molecule has 3 aromatic carbocycles. The molecule has 0 aromatic heterocycles. The number of nitrogens with zero attached hydrogens (tertiary/aromatic N) is 1. The molecule has 0 radical (unpaired) electrons. The van der Waals surface area contributed by atoms with Crippen molar-refractivity contribution in [1.29, 1.82) is 0 Å². The third-order valence-electron chi connectivity index (χ3n) is 5.12. The van der Waals surface area contributed by atoms with Crippen LogP contribution >= 0.6 is 0 Å². The lowest BCUT2D eigenvalue weighted by Gasteiger charge is -2.18. The number of rotatable bonds is 6. The fraction of sp³-hybridized carbons (Fsp3) is 0.217. The standard InChI is InChI=1S/C23H22N2O3/c1-3-4-14-25-19-13-12-18(15-9-7-10-17(21(15)19)23(25)27)24-22(26)16-8-5-6-11-20(16)28-2/h5-13H,3-4,14H2,1-2H3,(H,24,26). The largest absolute Gasteiger partial charge is 0.496 e. The quantitative estimate of drug-likeness (QED) is 0.670. The van der Waals surface area contributed by atoms with Crippen molar-refractivity contribution < 1.29 is 14.3 Å². The maximum absolute atomic E-state index is 12.8. The lowest BCUT2D eigenvalue weighted by Crippen LogP contribution is -2.27. The molecule has 0 aliphatic carbocycles. The molecule has 1 aliphatic heterocycles. The van der Waals surface area contributed by atoms with Gasteiger partial charge in [0.15, 0.2) is 0 Å². The van der Waals surface area contributed by atoms with Crippen LogP contribution in [-0.4, -0.2) is 25.5 Å². The van der Waals surface area contributed by atoms with Crippen molar-refractivity contribution in [2.75, 3.05) is 23.9 Å². The second-order valence-electron chi connectivity index (χ2n) is 6.83. The number of ether oxygens (including phenoxy) is 1. The molecule has 3 aromatic rings. The van der Waals surface area contributed by atoms with Gasteiger partial charge in [0.25, 0.3) is 11.8 Å². The number of amides is 2. The first kappa shape index (κ1) is 18.0. The van der Waals surface area contributed by atoms with E-state index in [2.05, 4.69) is 12.2 Å². The molecule has 1 N–H and O–H groups in total. The van der Waals surface area contributed by atoms with E-state index < -0.39 is 0 Å².